The lowest BCUT2D eigenvalue weighted by Gasteiger charge is -2.17. The molecule has 1 aliphatic heterocycles. The number of para-hydroxylation sites is 2. The minimum Gasteiger partial charge on any atom is -0.324 e. The van der Waals surface area contributed by atoms with Gasteiger partial charge in [-0.15, -0.1) is 0 Å². The summed E-state index contributed by atoms with van der Waals surface area (Å²) in [5.41, 5.74) is 3.69. The number of nitrogens with one attached hydrogen (secondary N) is 2. The molecule has 26 heavy (non-hydrogen) atoms. The van der Waals surface area contributed by atoms with E-state index in [4.69, 9.17) is 0 Å². The third-order valence-corrected chi connectivity index (χ3v) is 4.76. The molecule has 0 radical (unpaired) electrons. The zero-order valence-corrected chi connectivity index (χ0v) is 14.5. The molecule has 2 amide bonds. The maximum atomic E-state index is 12.6. The molecule has 3 aromatic rings. The second-order valence-electron chi connectivity index (χ2n) is 6.52. The van der Waals surface area contributed by atoms with E-state index in [0.717, 1.165) is 23.1 Å². The summed E-state index contributed by atoms with van der Waals surface area (Å²) in [6.45, 7) is 2.46. The van der Waals surface area contributed by atoms with Crippen LogP contribution in [0.15, 0.2) is 48.5 Å². The molecule has 6 nitrogen and oxygen atoms in total. The molecule has 0 unspecified atom stereocenters. The van der Waals surface area contributed by atoms with E-state index in [1.807, 2.05) is 48.5 Å². The molecule has 1 fully saturated rings. The minimum atomic E-state index is -0.388. The summed E-state index contributed by atoms with van der Waals surface area (Å²) >= 11 is 0. The van der Waals surface area contributed by atoms with Gasteiger partial charge in [-0.3, -0.25) is 14.9 Å². The summed E-state index contributed by atoms with van der Waals surface area (Å²) in [6, 6.07) is 15.5. The van der Waals surface area contributed by atoms with Crippen LogP contribution >= 0.6 is 0 Å². The number of nitrogens with zero attached hydrogens (tertiary/aromatic N) is 2. The molecule has 1 atom stereocenters. The molecular weight excluding hydrogens is 328 g/mol. The van der Waals surface area contributed by atoms with E-state index >= 15 is 0 Å². The average Bonchev–Trinajstić information content (AvgIpc) is 3.24. The molecule has 1 saturated heterocycles. The van der Waals surface area contributed by atoms with Gasteiger partial charge in [0.15, 0.2) is 0 Å². The van der Waals surface area contributed by atoms with Gasteiger partial charge in [0.1, 0.15) is 0 Å². The lowest BCUT2D eigenvalue weighted by atomic mass is 10.1. The Morgan fingerprint density at radius 2 is 2.12 bits per heavy atom. The van der Waals surface area contributed by atoms with E-state index in [1.165, 1.54) is 5.56 Å². The Morgan fingerprint density at radius 1 is 1.27 bits per heavy atom. The van der Waals surface area contributed by atoms with Crippen LogP contribution in [0.2, 0.25) is 0 Å². The number of aryl methyl sites for hydroxylation is 1. The maximum Gasteiger partial charge on any atom is 0.232 e. The fourth-order valence-electron chi connectivity index (χ4n) is 3.31. The zero-order valence-electron chi connectivity index (χ0n) is 14.5. The molecule has 1 aliphatic rings. The Morgan fingerprint density at radius 3 is 2.92 bits per heavy atom. The molecule has 0 saturated carbocycles. The fourth-order valence-corrected chi connectivity index (χ4v) is 3.31. The van der Waals surface area contributed by atoms with Crippen molar-refractivity contribution in [1.82, 2.24) is 9.97 Å². The van der Waals surface area contributed by atoms with Crippen LogP contribution in [0.25, 0.3) is 11.0 Å². The third-order valence-electron chi connectivity index (χ3n) is 4.76. The SMILES string of the molecule is CCc1cccc(N2C[C@H](C(=O)Nc3nc4ccccc4[nH]3)CC2=O)c1. The molecular formula is C20H20N4O2. The number of aromatic nitrogens is 2. The van der Waals surface area contributed by atoms with Crippen molar-refractivity contribution >= 4 is 34.5 Å². The summed E-state index contributed by atoms with van der Waals surface area (Å²) in [6.07, 6.45) is 1.12. The Bertz CT molecular complexity index is 946. The van der Waals surface area contributed by atoms with Gasteiger partial charge in [0.05, 0.1) is 17.0 Å². The van der Waals surface area contributed by atoms with Crippen LogP contribution in [0.3, 0.4) is 0 Å². The second kappa shape index (κ2) is 6.63. The number of anilines is 2. The third kappa shape index (κ3) is 3.06. The van der Waals surface area contributed by atoms with Crippen molar-refractivity contribution in [3.8, 4) is 0 Å². The molecule has 132 valence electrons. The normalized spacial score (nSPS) is 17.0. The number of hydrogen-bond donors (Lipinski definition) is 2. The van der Waals surface area contributed by atoms with Crippen molar-refractivity contribution in [2.75, 3.05) is 16.8 Å². The van der Waals surface area contributed by atoms with Crippen molar-refractivity contribution < 1.29 is 9.59 Å². The van der Waals surface area contributed by atoms with Crippen LogP contribution in [0.5, 0.6) is 0 Å². The van der Waals surface area contributed by atoms with Gasteiger partial charge in [-0.2, -0.15) is 0 Å². The number of carbonyl (C=O) groups is 2. The molecule has 4 rings (SSSR count). The van der Waals surface area contributed by atoms with Crippen LogP contribution in [-0.2, 0) is 16.0 Å². The van der Waals surface area contributed by atoms with Crippen LogP contribution in [0.1, 0.15) is 18.9 Å². The van der Waals surface area contributed by atoms with Crippen molar-refractivity contribution in [3.63, 3.8) is 0 Å². The Hall–Kier alpha value is -3.15. The number of imidazole rings is 1. The lowest BCUT2D eigenvalue weighted by Crippen LogP contribution is -2.28. The summed E-state index contributed by atoms with van der Waals surface area (Å²) in [5, 5.41) is 2.80. The molecule has 0 spiro atoms. The first-order valence-corrected chi connectivity index (χ1v) is 8.79. The highest BCUT2D eigenvalue weighted by Crippen LogP contribution is 2.27. The predicted molar refractivity (Wildman–Crippen MR) is 101 cm³/mol. The predicted octanol–water partition coefficient (Wildman–Crippen LogP) is 3.12. The highest BCUT2D eigenvalue weighted by molar-refractivity contribution is 6.03. The summed E-state index contributed by atoms with van der Waals surface area (Å²) in [7, 11) is 0. The van der Waals surface area contributed by atoms with E-state index in [0.29, 0.717) is 12.5 Å². The van der Waals surface area contributed by atoms with Gasteiger partial charge < -0.3 is 9.88 Å². The largest absolute Gasteiger partial charge is 0.324 e. The Kier molecular flexibility index (Phi) is 4.16. The topological polar surface area (TPSA) is 78.1 Å². The molecule has 1 aromatic heterocycles. The maximum absolute atomic E-state index is 12.6. The Labute approximate surface area is 151 Å². The molecule has 2 heterocycles. The molecule has 2 N–H and O–H groups in total. The number of rotatable bonds is 4. The first-order chi connectivity index (χ1) is 12.6. The van der Waals surface area contributed by atoms with Crippen molar-refractivity contribution in [2.24, 2.45) is 5.92 Å². The highest BCUT2D eigenvalue weighted by atomic mass is 16.2. The van der Waals surface area contributed by atoms with E-state index in [-0.39, 0.29) is 24.2 Å². The van der Waals surface area contributed by atoms with Gasteiger partial charge >= 0.3 is 0 Å². The van der Waals surface area contributed by atoms with Crippen LogP contribution < -0.4 is 10.2 Å². The summed E-state index contributed by atoms with van der Waals surface area (Å²) < 4.78 is 0. The monoisotopic (exact) mass is 348 g/mol. The molecule has 0 bridgehead atoms. The van der Waals surface area contributed by atoms with Gasteiger partial charge in [0.2, 0.25) is 17.8 Å². The van der Waals surface area contributed by atoms with Gasteiger partial charge in [0.25, 0.3) is 0 Å². The van der Waals surface area contributed by atoms with Crippen LogP contribution in [-0.4, -0.2) is 28.3 Å². The van der Waals surface area contributed by atoms with Crippen molar-refractivity contribution in [3.05, 3.63) is 54.1 Å². The van der Waals surface area contributed by atoms with E-state index in [9.17, 15) is 9.59 Å². The standard InChI is InChI=1S/C20H20N4O2/c1-2-13-6-5-7-15(10-13)24-12-14(11-18(24)25)19(26)23-20-21-16-8-3-4-9-17(16)22-20/h3-10,14H,2,11-12H2,1H3,(H2,21,22,23,26)/t14-/m1/s1. The van der Waals surface area contributed by atoms with Crippen LogP contribution in [0.4, 0.5) is 11.6 Å². The number of H-pyrrole nitrogens is 1. The summed E-state index contributed by atoms with van der Waals surface area (Å²) in [5.74, 6) is -0.189. The zero-order chi connectivity index (χ0) is 18.1. The molecule has 2 aromatic carbocycles. The first kappa shape index (κ1) is 16.3. The number of amides is 2. The minimum absolute atomic E-state index is 0.0250. The van der Waals surface area contributed by atoms with Gasteiger partial charge in [0, 0.05) is 18.7 Å². The van der Waals surface area contributed by atoms with Crippen LogP contribution in [0, 0.1) is 5.92 Å². The number of benzene rings is 2. The van der Waals surface area contributed by atoms with Crippen molar-refractivity contribution in [1.29, 1.82) is 0 Å². The smallest absolute Gasteiger partial charge is 0.232 e. The van der Waals surface area contributed by atoms with Gasteiger partial charge in [-0.05, 0) is 36.2 Å². The summed E-state index contributed by atoms with van der Waals surface area (Å²) in [4.78, 5) is 34.1. The first-order valence-electron chi connectivity index (χ1n) is 8.79. The van der Waals surface area contributed by atoms with Gasteiger partial charge in [-0.1, -0.05) is 31.2 Å². The number of aromatic amines is 1. The highest BCUT2D eigenvalue weighted by Gasteiger charge is 2.35. The number of fused-ring (bicyclic) bond motifs is 1. The number of carbonyl (C=O) groups excluding carboxylic acids is 2. The second-order valence-corrected chi connectivity index (χ2v) is 6.52. The van der Waals surface area contributed by atoms with Crippen molar-refractivity contribution in [2.45, 2.75) is 19.8 Å². The molecule has 6 heteroatoms. The fraction of sp³-hybridized carbons (Fsp3) is 0.250. The van der Waals surface area contributed by atoms with E-state index < -0.39 is 0 Å². The Balaban J connectivity index is 1.48. The average molecular weight is 348 g/mol. The number of hydrogen-bond acceptors (Lipinski definition) is 3. The van der Waals surface area contributed by atoms with E-state index in [1.54, 1.807) is 4.90 Å². The quantitative estimate of drug-likeness (QED) is 0.760. The molecule has 0 aliphatic carbocycles. The van der Waals surface area contributed by atoms with E-state index in [2.05, 4.69) is 22.2 Å². The van der Waals surface area contributed by atoms with Gasteiger partial charge in [-0.25, -0.2) is 4.98 Å². The lowest BCUT2D eigenvalue weighted by molar-refractivity contribution is -0.122.